The fourth-order valence-electron chi connectivity index (χ4n) is 5.13. The second-order valence-corrected chi connectivity index (χ2v) is 11.3. The lowest BCUT2D eigenvalue weighted by atomic mass is 9.97. The van der Waals surface area contributed by atoms with Gasteiger partial charge in [-0.3, -0.25) is 0 Å². The number of fused-ring (bicyclic) bond motifs is 3. The molecule has 3 nitrogen and oxygen atoms in total. The Labute approximate surface area is 229 Å². The summed E-state index contributed by atoms with van der Waals surface area (Å²) >= 11 is 3.55. The third-order valence-electron chi connectivity index (χ3n) is 6.92. The Morgan fingerprint density at radius 2 is 1.47 bits per heavy atom. The lowest BCUT2D eigenvalue weighted by Crippen LogP contribution is -2.15. The minimum atomic E-state index is 0.642. The van der Waals surface area contributed by atoms with Crippen LogP contribution in [0.15, 0.2) is 118 Å². The van der Waals surface area contributed by atoms with Gasteiger partial charge < -0.3 is 4.90 Å². The number of rotatable bonds is 3. The highest BCUT2D eigenvalue weighted by Crippen LogP contribution is 2.53. The first-order valence-electron chi connectivity index (χ1n) is 12.4. The SMILES string of the molecule is Cc1ccc(N2c3ccccc3Sc3ccccc32)c2nc(-c3ccc(C#N)cc3)cc(-c3cccs3)c12. The molecule has 0 fully saturated rings. The van der Waals surface area contributed by atoms with Gasteiger partial charge in [-0.2, -0.15) is 5.26 Å². The molecule has 2 aromatic heterocycles. The van der Waals surface area contributed by atoms with E-state index in [1.54, 1.807) is 11.3 Å². The molecule has 0 spiro atoms. The number of hydrogen-bond donors (Lipinski definition) is 0. The third kappa shape index (κ3) is 3.69. The van der Waals surface area contributed by atoms with Crippen LogP contribution in [0, 0.1) is 18.3 Å². The van der Waals surface area contributed by atoms with Gasteiger partial charge in [0.2, 0.25) is 0 Å². The van der Waals surface area contributed by atoms with Crippen molar-refractivity contribution in [2.24, 2.45) is 0 Å². The summed E-state index contributed by atoms with van der Waals surface area (Å²) in [5.74, 6) is 0. The van der Waals surface area contributed by atoms with Gasteiger partial charge in [-0.25, -0.2) is 4.98 Å². The van der Waals surface area contributed by atoms with Crippen LogP contribution < -0.4 is 4.90 Å². The van der Waals surface area contributed by atoms with Crippen molar-refractivity contribution in [2.45, 2.75) is 16.7 Å². The zero-order chi connectivity index (χ0) is 25.6. The Morgan fingerprint density at radius 3 is 2.13 bits per heavy atom. The maximum absolute atomic E-state index is 9.31. The molecule has 0 atom stereocenters. The van der Waals surface area contributed by atoms with Gasteiger partial charge in [0.1, 0.15) is 0 Å². The zero-order valence-corrected chi connectivity index (χ0v) is 22.2. The standard InChI is InChI=1S/C33H21N3S2/c1-21-12-17-28(36-26-7-2-4-9-30(26)38-31-10-5-3-8-27(31)36)33-32(21)24(29-11-6-18-37-29)19-25(35-33)23-15-13-22(20-34)14-16-23/h2-19H,1H3. The van der Waals surface area contributed by atoms with Crippen LogP contribution in [0.2, 0.25) is 0 Å². The largest absolute Gasteiger partial charge is 0.306 e. The van der Waals surface area contributed by atoms with Gasteiger partial charge in [0.25, 0.3) is 0 Å². The number of benzene rings is 4. The highest BCUT2D eigenvalue weighted by Gasteiger charge is 2.27. The summed E-state index contributed by atoms with van der Waals surface area (Å²) in [6.07, 6.45) is 0. The molecule has 0 bridgehead atoms. The van der Waals surface area contributed by atoms with Crippen LogP contribution in [0.25, 0.3) is 32.6 Å². The van der Waals surface area contributed by atoms with Crippen molar-refractivity contribution in [1.82, 2.24) is 4.98 Å². The average Bonchev–Trinajstić information content (AvgIpc) is 3.51. The zero-order valence-electron chi connectivity index (χ0n) is 20.6. The molecule has 0 N–H and O–H groups in total. The van der Waals surface area contributed by atoms with E-state index < -0.39 is 0 Å². The van der Waals surface area contributed by atoms with E-state index in [2.05, 4.69) is 102 Å². The number of thiophene rings is 1. The van der Waals surface area contributed by atoms with Crippen LogP contribution in [0.5, 0.6) is 0 Å². The first kappa shape index (κ1) is 22.8. The van der Waals surface area contributed by atoms with Gasteiger partial charge in [-0.15, -0.1) is 11.3 Å². The lowest BCUT2D eigenvalue weighted by molar-refractivity contribution is 1.17. The number of para-hydroxylation sites is 2. The first-order valence-corrected chi connectivity index (χ1v) is 14.1. The van der Waals surface area contributed by atoms with Gasteiger partial charge in [-0.05, 0) is 72.5 Å². The number of pyridine rings is 1. The predicted molar refractivity (Wildman–Crippen MR) is 159 cm³/mol. The van der Waals surface area contributed by atoms with Gasteiger partial charge >= 0.3 is 0 Å². The van der Waals surface area contributed by atoms with Crippen LogP contribution in [0.3, 0.4) is 0 Å². The molecule has 0 aliphatic carbocycles. The van der Waals surface area contributed by atoms with Crippen molar-refractivity contribution in [3.8, 4) is 27.8 Å². The highest BCUT2D eigenvalue weighted by molar-refractivity contribution is 7.99. The van der Waals surface area contributed by atoms with Gasteiger partial charge in [0, 0.05) is 31.2 Å². The smallest absolute Gasteiger partial charge is 0.0991 e. The van der Waals surface area contributed by atoms with E-state index in [0.29, 0.717) is 5.56 Å². The highest BCUT2D eigenvalue weighted by atomic mass is 32.2. The summed E-state index contributed by atoms with van der Waals surface area (Å²) in [7, 11) is 0. The second kappa shape index (κ2) is 9.18. The van der Waals surface area contributed by atoms with E-state index >= 15 is 0 Å². The first-order chi connectivity index (χ1) is 18.7. The van der Waals surface area contributed by atoms with Crippen molar-refractivity contribution in [2.75, 3.05) is 4.90 Å². The molecule has 1 aliphatic heterocycles. The fraction of sp³-hybridized carbons (Fsp3) is 0.0303. The van der Waals surface area contributed by atoms with E-state index in [1.165, 1.54) is 25.8 Å². The molecule has 1 aliphatic rings. The normalized spacial score (nSPS) is 12.2. The van der Waals surface area contributed by atoms with Crippen molar-refractivity contribution < 1.29 is 0 Å². The monoisotopic (exact) mass is 523 g/mol. The number of nitrogens with zero attached hydrogens (tertiary/aromatic N) is 3. The number of aryl methyl sites for hydroxylation is 1. The van der Waals surface area contributed by atoms with Crippen LogP contribution >= 0.6 is 23.1 Å². The molecular formula is C33H21N3S2. The molecule has 0 unspecified atom stereocenters. The predicted octanol–water partition coefficient (Wildman–Crippen LogP) is 9.74. The number of anilines is 3. The number of nitriles is 1. The van der Waals surface area contributed by atoms with Gasteiger partial charge in [0.05, 0.1) is 39.9 Å². The molecule has 38 heavy (non-hydrogen) atoms. The van der Waals surface area contributed by atoms with Crippen molar-refractivity contribution in [3.05, 3.63) is 120 Å². The van der Waals surface area contributed by atoms with Crippen LogP contribution in [-0.2, 0) is 0 Å². The Kier molecular flexibility index (Phi) is 5.51. The summed E-state index contributed by atoms with van der Waals surface area (Å²) in [5, 5.41) is 12.6. The molecule has 0 saturated carbocycles. The average molecular weight is 524 g/mol. The van der Waals surface area contributed by atoms with Crippen LogP contribution in [0.4, 0.5) is 17.1 Å². The van der Waals surface area contributed by atoms with Crippen LogP contribution in [0.1, 0.15) is 11.1 Å². The Bertz CT molecular complexity index is 1820. The Hall–Kier alpha value is -4.37. The molecule has 0 radical (unpaired) electrons. The Balaban J connectivity index is 1.56. The summed E-state index contributed by atoms with van der Waals surface area (Å²) < 4.78 is 0. The molecule has 0 saturated heterocycles. The molecule has 5 heteroatoms. The van der Waals surface area contributed by atoms with Crippen LogP contribution in [-0.4, -0.2) is 4.98 Å². The summed E-state index contributed by atoms with van der Waals surface area (Å²) in [4.78, 5) is 11.3. The lowest BCUT2D eigenvalue weighted by Gasteiger charge is -2.33. The fourth-order valence-corrected chi connectivity index (χ4v) is 6.94. The van der Waals surface area contributed by atoms with Gasteiger partial charge in [-0.1, -0.05) is 60.3 Å². The minimum absolute atomic E-state index is 0.642. The number of hydrogen-bond acceptors (Lipinski definition) is 5. The molecule has 4 aromatic carbocycles. The second-order valence-electron chi connectivity index (χ2n) is 9.22. The van der Waals surface area contributed by atoms with Crippen molar-refractivity contribution in [3.63, 3.8) is 0 Å². The van der Waals surface area contributed by atoms with Crippen molar-refractivity contribution in [1.29, 1.82) is 5.26 Å². The summed E-state index contributed by atoms with van der Waals surface area (Å²) in [5.41, 5.74) is 9.23. The quantitative estimate of drug-likeness (QED) is 0.231. The summed E-state index contributed by atoms with van der Waals surface area (Å²) in [6, 6.07) is 38.0. The molecule has 3 heterocycles. The maximum Gasteiger partial charge on any atom is 0.0991 e. The summed E-state index contributed by atoms with van der Waals surface area (Å²) in [6.45, 7) is 2.17. The third-order valence-corrected chi connectivity index (χ3v) is 8.95. The van der Waals surface area contributed by atoms with E-state index in [4.69, 9.17) is 4.98 Å². The van der Waals surface area contributed by atoms with E-state index in [1.807, 2.05) is 36.0 Å². The topological polar surface area (TPSA) is 39.9 Å². The van der Waals surface area contributed by atoms with E-state index in [9.17, 15) is 5.26 Å². The molecule has 6 aromatic rings. The van der Waals surface area contributed by atoms with E-state index in [0.717, 1.165) is 39.2 Å². The van der Waals surface area contributed by atoms with E-state index in [-0.39, 0.29) is 0 Å². The van der Waals surface area contributed by atoms with Crippen molar-refractivity contribution >= 4 is 51.1 Å². The molecule has 180 valence electrons. The maximum atomic E-state index is 9.31. The van der Waals surface area contributed by atoms with Gasteiger partial charge in [0.15, 0.2) is 0 Å². The molecule has 7 rings (SSSR count). The molecular weight excluding hydrogens is 503 g/mol. The number of aromatic nitrogens is 1. The molecule has 0 amide bonds. The Morgan fingerprint density at radius 1 is 0.763 bits per heavy atom. The minimum Gasteiger partial charge on any atom is -0.306 e.